The van der Waals surface area contributed by atoms with E-state index in [1.807, 2.05) is 47.4 Å². The Morgan fingerprint density at radius 1 is 1.19 bits per heavy atom. The van der Waals surface area contributed by atoms with Crippen LogP contribution in [0.15, 0.2) is 48.5 Å². The lowest BCUT2D eigenvalue weighted by Crippen LogP contribution is -2.40. The van der Waals surface area contributed by atoms with Gasteiger partial charge in [0.05, 0.1) is 5.56 Å². The van der Waals surface area contributed by atoms with Gasteiger partial charge in [-0.05, 0) is 53.3 Å². The van der Waals surface area contributed by atoms with E-state index in [4.69, 9.17) is 0 Å². The zero-order valence-corrected chi connectivity index (χ0v) is 14.0. The number of fused-ring (bicyclic) bond motifs is 1. The highest BCUT2D eigenvalue weighted by Gasteiger charge is 2.25. The molecular weight excluding hydrogens is 375 g/mol. The minimum atomic E-state index is 0.0722. The van der Waals surface area contributed by atoms with Crippen LogP contribution < -0.4 is 10.2 Å². The largest absolute Gasteiger partial charge is 0.308 e. The SMILES string of the molecule is CC1CN(C(=O)c2ccccc2I)c2ccccc2CN1. The van der Waals surface area contributed by atoms with Crippen molar-refractivity contribution in [2.24, 2.45) is 0 Å². The normalized spacial score (nSPS) is 18.0. The van der Waals surface area contributed by atoms with E-state index in [9.17, 15) is 4.79 Å². The number of benzene rings is 2. The van der Waals surface area contributed by atoms with Crippen LogP contribution in [0.3, 0.4) is 0 Å². The summed E-state index contributed by atoms with van der Waals surface area (Å²) in [7, 11) is 0. The minimum absolute atomic E-state index is 0.0722. The monoisotopic (exact) mass is 392 g/mol. The predicted octanol–water partition coefficient (Wildman–Crippen LogP) is 3.43. The maximum absolute atomic E-state index is 13.0. The molecule has 2 aromatic rings. The van der Waals surface area contributed by atoms with Crippen LogP contribution in [-0.2, 0) is 6.54 Å². The molecule has 0 saturated carbocycles. The average molecular weight is 392 g/mol. The van der Waals surface area contributed by atoms with Crippen molar-refractivity contribution < 1.29 is 4.79 Å². The van der Waals surface area contributed by atoms with Crippen LogP contribution >= 0.6 is 22.6 Å². The van der Waals surface area contributed by atoms with E-state index in [0.29, 0.717) is 6.54 Å². The summed E-state index contributed by atoms with van der Waals surface area (Å²) in [5.74, 6) is 0.0722. The average Bonchev–Trinajstić information content (AvgIpc) is 2.67. The quantitative estimate of drug-likeness (QED) is 0.755. The second kappa shape index (κ2) is 6.15. The van der Waals surface area contributed by atoms with E-state index < -0.39 is 0 Å². The number of hydrogen-bond acceptors (Lipinski definition) is 2. The van der Waals surface area contributed by atoms with Crippen LogP contribution in [0.1, 0.15) is 22.8 Å². The topological polar surface area (TPSA) is 32.3 Å². The summed E-state index contributed by atoms with van der Waals surface area (Å²) in [5, 5.41) is 3.46. The Hall–Kier alpha value is -1.40. The van der Waals surface area contributed by atoms with Crippen molar-refractivity contribution in [3.63, 3.8) is 0 Å². The van der Waals surface area contributed by atoms with E-state index in [1.54, 1.807) is 0 Å². The first-order valence-electron chi connectivity index (χ1n) is 7.04. The van der Waals surface area contributed by atoms with Gasteiger partial charge in [-0.1, -0.05) is 30.3 Å². The number of halogens is 1. The van der Waals surface area contributed by atoms with Crippen LogP contribution in [0.5, 0.6) is 0 Å². The number of amides is 1. The third-order valence-electron chi connectivity index (χ3n) is 3.73. The van der Waals surface area contributed by atoms with E-state index in [1.165, 1.54) is 5.56 Å². The molecule has 1 unspecified atom stereocenters. The first-order chi connectivity index (χ1) is 10.2. The second-order valence-electron chi connectivity index (χ2n) is 5.31. The van der Waals surface area contributed by atoms with Crippen molar-refractivity contribution >= 4 is 34.2 Å². The van der Waals surface area contributed by atoms with Gasteiger partial charge in [-0.3, -0.25) is 4.79 Å². The summed E-state index contributed by atoms with van der Waals surface area (Å²) in [6, 6.07) is 16.1. The van der Waals surface area contributed by atoms with E-state index in [2.05, 4.69) is 40.9 Å². The van der Waals surface area contributed by atoms with Crippen molar-refractivity contribution in [3.8, 4) is 0 Å². The highest BCUT2D eigenvalue weighted by atomic mass is 127. The van der Waals surface area contributed by atoms with Crippen molar-refractivity contribution in [2.75, 3.05) is 11.4 Å². The third-order valence-corrected chi connectivity index (χ3v) is 4.67. The molecular formula is C17H17IN2O. The lowest BCUT2D eigenvalue weighted by Gasteiger charge is -2.25. The molecule has 4 heteroatoms. The molecule has 2 aromatic carbocycles. The highest BCUT2D eigenvalue weighted by molar-refractivity contribution is 14.1. The molecule has 0 radical (unpaired) electrons. The fraction of sp³-hybridized carbons (Fsp3) is 0.235. The molecule has 0 aromatic heterocycles. The Bertz CT molecular complexity index is 671. The molecule has 1 aliphatic heterocycles. The molecule has 0 bridgehead atoms. The van der Waals surface area contributed by atoms with Gasteiger partial charge in [-0.15, -0.1) is 0 Å². The lowest BCUT2D eigenvalue weighted by atomic mass is 10.1. The fourth-order valence-electron chi connectivity index (χ4n) is 2.62. The standard InChI is InChI=1S/C17H17IN2O/c1-12-11-20(16-9-5-2-6-13(16)10-19-12)17(21)14-7-3-4-8-15(14)18/h2-9,12,19H,10-11H2,1H3. The Morgan fingerprint density at radius 2 is 1.90 bits per heavy atom. The summed E-state index contributed by atoms with van der Waals surface area (Å²) >= 11 is 2.22. The lowest BCUT2D eigenvalue weighted by molar-refractivity contribution is 0.0984. The van der Waals surface area contributed by atoms with Crippen molar-refractivity contribution in [2.45, 2.75) is 19.5 Å². The summed E-state index contributed by atoms with van der Waals surface area (Å²) in [6.07, 6.45) is 0. The Morgan fingerprint density at radius 3 is 2.71 bits per heavy atom. The number of carbonyl (C=O) groups is 1. The Labute approximate surface area is 138 Å². The number of nitrogens with one attached hydrogen (secondary N) is 1. The highest BCUT2D eigenvalue weighted by Crippen LogP contribution is 2.26. The van der Waals surface area contributed by atoms with Crippen LogP contribution in [0.4, 0.5) is 5.69 Å². The van der Waals surface area contributed by atoms with Gasteiger partial charge in [0, 0.05) is 28.4 Å². The first kappa shape index (κ1) is 14.5. The summed E-state index contributed by atoms with van der Waals surface area (Å²) in [5.41, 5.74) is 2.95. The molecule has 0 saturated heterocycles. The van der Waals surface area contributed by atoms with Gasteiger partial charge >= 0.3 is 0 Å². The molecule has 21 heavy (non-hydrogen) atoms. The summed E-state index contributed by atoms with van der Waals surface area (Å²) in [4.78, 5) is 14.9. The summed E-state index contributed by atoms with van der Waals surface area (Å²) < 4.78 is 0.988. The molecule has 0 aliphatic carbocycles. The number of carbonyl (C=O) groups excluding carboxylic acids is 1. The maximum Gasteiger partial charge on any atom is 0.259 e. The third kappa shape index (κ3) is 2.96. The second-order valence-corrected chi connectivity index (χ2v) is 6.47. The Kier molecular flexibility index (Phi) is 4.26. The number of hydrogen-bond donors (Lipinski definition) is 1. The zero-order valence-electron chi connectivity index (χ0n) is 11.8. The molecule has 1 N–H and O–H groups in total. The van der Waals surface area contributed by atoms with Gasteiger partial charge in [0.15, 0.2) is 0 Å². The van der Waals surface area contributed by atoms with Gasteiger partial charge < -0.3 is 10.2 Å². The van der Waals surface area contributed by atoms with Crippen LogP contribution in [0.2, 0.25) is 0 Å². The smallest absolute Gasteiger partial charge is 0.259 e. The number of anilines is 1. The zero-order chi connectivity index (χ0) is 14.8. The molecule has 0 spiro atoms. The number of rotatable bonds is 1. The van der Waals surface area contributed by atoms with Gasteiger partial charge in [0.25, 0.3) is 5.91 Å². The van der Waals surface area contributed by atoms with Crippen molar-refractivity contribution in [3.05, 3.63) is 63.2 Å². The molecule has 1 aliphatic rings. The molecule has 3 nitrogen and oxygen atoms in total. The van der Waals surface area contributed by atoms with E-state index in [-0.39, 0.29) is 11.9 Å². The maximum atomic E-state index is 13.0. The number of para-hydroxylation sites is 1. The molecule has 1 atom stereocenters. The molecule has 3 rings (SSSR count). The predicted molar refractivity (Wildman–Crippen MR) is 93.6 cm³/mol. The van der Waals surface area contributed by atoms with Crippen LogP contribution in [-0.4, -0.2) is 18.5 Å². The van der Waals surface area contributed by atoms with Crippen molar-refractivity contribution in [1.82, 2.24) is 5.32 Å². The molecule has 0 fully saturated rings. The summed E-state index contributed by atoms with van der Waals surface area (Å²) in [6.45, 7) is 3.59. The van der Waals surface area contributed by atoms with Crippen LogP contribution in [0, 0.1) is 3.57 Å². The van der Waals surface area contributed by atoms with Gasteiger partial charge in [0.2, 0.25) is 0 Å². The van der Waals surface area contributed by atoms with Crippen molar-refractivity contribution in [1.29, 1.82) is 0 Å². The van der Waals surface area contributed by atoms with Gasteiger partial charge in [-0.2, -0.15) is 0 Å². The van der Waals surface area contributed by atoms with E-state index in [0.717, 1.165) is 21.4 Å². The fourth-order valence-corrected chi connectivity index (χ4v) is 3.24. The molecule has 108 valence electrons. The minimum Gasteiger partial charge on any atom is -0.308 e. The van der Waals surface area contributed by atoms with Gasteiger partial charge in [0.1, 0.15) is 0 Å². The molecule has 1 heterocycles. The van der Waals surface area contributed by atoms with Gasteiger partial charge in [-0.25, -0.2) is 0 Å². The first-order valence-corrected chi connectivity index (χ1v) is 8.12. The Balaban J connectivity index is 2.04. The number of nitrogens with zero attached hydrogens (tertiary/aromatic N) is 1. The van der Waals surface area contributed by atoms with E-state index >= 15 is 0 Å². The van der Waals surface area contributed by atoms with Crippen LogP contribution in [0.25, 0.3) is 0 Å². The molecule has 1 amide bonds.